The Kier molecular flexibility index (Phi) is 6.83. The van der Waals surface area contributed by atoms with Crippen LogP contribution < -0.4 is 10.6 Å². The van der Waals surface area contributed by atoms with Gasteiger partial charge in [-0.25, -0.2) is 8.78 Å². The first-order chi connectivity index (χ1) is 17.7. The molecule has 2 saturated carbocycles. The van der Waals surface area contributed by atoms with Crippen molar-refractivity contribution in [1.82, 2.24) is 25.3 Å². The number of H-pyrrole nitrogens is 1. The normalized spacial score (nSPS) is 17.2. The lowest BCUT2D eigenvalue weighted by atomic mass is 9.88. The van der Waals surface area contributed by atoms with Crippen molar-refractivity contribution in [3.8, 4) is 11.1 Å². The van der Waals surface area contributed by atoms with Crippen LogP contribution in [0.25, 0.3) is 11.1 Å². The Morgan fingerprint density at radius 3 is 2.24 bits per heavy atom. The number of rotatable bonds is 10. The lowest BCUT2D eigenvalue weighted by Gasteiger charge is -2.28. The summed E-state index contributed by atoms with van der Waals surface area (Å²) < 4.78 is 27.7. The van der Waals surface area contributed by atoms with Crippen molar-refractivity contribution in [1.29, 1.82) is 0 Å². The number of carbonyl (C=O) groups excluding carboxylic acids is 2. The molecule has 0 radical (unpaired) electrons. The van der Waals surface area contributed by atoms with Crippen molar-refractivity contribution in [3.63, 3.8) is 0 Å². The van der Waals surface area contributed by atoms with Gasteiger partial charge < -0.3 is 10.6 Å². The minimum absolute atomic E-state index is 0.0170. The highest BCUT2D eigenvalue weighted by molar-refractivity contribution is 6.01. The van der Waals surface area contributed by atoms with Gasteiger partial charge in [0.15, 0.2) is 0 Å². The van der Waals surface area contributed by atoms with Crippen molar-refractivity contribution >= 4 is 17.5 Å². The maximum atomic E-state index is 13.6. The Morgan fingerprint density at radius 1 is 1.05 bits per heavy atom. The number of nitrogens with zero attached hydrogens (tertiary/aromatic N) is 3. The molecule has 3 N–H and O–H groups in total. The predicted molar refractivity (Wildman–Crippen MR) is 135 cm³/mol. The predicted octanol–water partition coefficient (Wildman–Crippen LogP) is 4.89. The van der Waals surface area contributed by atoms with Crippen LogP contribution in [0.3, 0.4) is 0 Å². The molecule has 2 atom stereocenters. The van der Waals surface area contributed by atoms with Crippen LogP contribution in [0.15, 0.2) is 36.5 Å². The number of hydrogen-bond donors (Lipinski definition) is 3. The van der Waals surface area contributed by atoms with Gasteiger partial charge in [0.05, 0.1) is 5.69 Å². The van der Waals surface area contributed by atoms with E-state index in [1.807, 2.05) is 38.1 Å². The van der Waals surface area contributed by atoms with Gasteiger partial charge in [-0.15, -0.1) is 0 Å². The number of alkyl halides is 2. The molecule has 5 rings (SSSR count). The molecule has 8 nitrogen and oxygen atoms in total. The second kappa shape index (κ2) is 10.1. The number of carbonyl (C=O) groups is 2. The summed E-state index contributed by atoms with van der Waals surface area (Å²) in [6.07, 6.45) is 2.76. The van der Waals surface area contributed by atoms with E-state index in [9.17, 15) is 18.4 Å². The zero-order valence-corrected chi connectivity index (χ0v) is 21.2. The smallest absolute Gasteiger partial charge is 0.270 e. The summed E-state index contributed by atoms with van der Waals surface area (Å²) >= 11 is 0. The number of aryl methyl sites for hydroxylation is 2. The molecular weight excluding hydrogens is 478 g/mol. The summed E-state index contributed by atoms with van der Waals surface area (Å²) in [6.45, 7) is 5.21. The quantitative estimate of drug-likeness (QED) is 0.361. The third kappa shape index (κ3) is 5.28. The molecule has 2 aromatic heterocycles. The van der Waals surface area contributed by atoms with E-state index in [1.165, 1.54) is 19.2 Å². The second-order valence-electron chi connectivity index (χ2n) is 10.3. The summed E-state index contributed by atoms with van der Waals surface area (Å²) in [7, 11) is 0. The molecule has 1 aromatic carbocycles. The molecule has 37 heavy (non-hydrogen) atoms. The monoisotopic (exact) mass is 510 g/mol. The van der Waals surface area contributed by atoms with Gasteiger partial charge in [-0.3, -0.25) is 19.4 Å². The van der Waals surface area contributed by atoms with Gasteiger partial charge in [0.1, 0.15) is 17.8 Å². The van der Waals surface area contributed by atoms with E-state index >= 15 is 0 Å². The van der Waals surface area contributed by atoms with E-state index in [-0.39, 0.29) is 17.5 Å². The Balaban J connectivity index is 1.36. The summed E-state index contributed by atoms with van der Waals surface area (Å²) in [6, 6.07) is 6.91. The summed E-state index contributed by atoms with van der Waals surface area (Å²) in [5, 5.41) is 17.0. The lowest BCUT2D eigenvalue weighted by molar-refractivity contribution is -0.119. The average Bonchev–Trinajstić information content (AvgIpc) is 3.81. The molecule has 2 aliphatic rings. The molecule has 2 fully saturated rings. The van der Waals surface area contributed by atoms with Crippen LogP contribution >= 0.6 is 0 Å². The molecule has 0 aliphatic heterocycles. The number of benzene rings is 1. The molecule has 3 aromatic rings. The SMILES string of the molecule is Cc1n[nH]c(C)c1-c1ccc(NC(=O)[C@@H](NC(=O)c2ccnn2C(C)C(F)F)C(C2CC2)C2CC2)cc1. The van der Waals surface area contributed by atoms with Gasteiger partial charge >= 0.3 is 0 Å². The van der Waals surface area contributed by atoms with Crippen molar-refractivity contribution in [2.24, 2.45) is 17.8 Å². The molecule has 2 heterocycles. The molecule has 10 heteroatoms. The van der Waals surface area contributed by atoms with Crippen LogP contribution in [0.4, 0.5) is 14.5 Å². The molecule has 1 unspecified atom stereocenters. The number of amides is 2. The Hall–Kier alpha value is -3.56. The second-order valence-corrected chi connectivity index (χ2v) is 10.3. The summed E-state index contributed by atoms with van der Waals surface area (Å²) in [5.41, 5.74) is 4.52. The number of anilines is 1. The Bertz CT molecular complexity index is 1240. The highest BCUT2D eigenvalue weighted by atomic mass is 19.3. The van der Waals surface area contributed by atoms with Crippen LogP contribution in [0.2, 0.25) is 0 Å². The van der Waals surface area contributed by atoms with Crippen molar-refractivity contribution in [3.05, 3.63) is 53.6 Å². The molecule has 2 amide bonds. The number of nitrogens with one attached hydrogen (secondary N) is 3. The number of hydrogen-bond acceptors (Lipinski definition) is 4. The highest BCUT2D eigenvalue weighted by Gasteiger charge is 2.48. The van der Waals surface area contributed by atoms with Crippen LogP contribution in [-0.2, 0) is 4.79 Å². The highest BCUT2D eigenvalue weighted by Crippen LogP contribution is 2.51. The summed E-state index contributed by atoms with van der Waals surface area (Å²) in [5.74, 6) is -0.0969. The zero-order valence-electron chi connectivity index (χ0n) is 21.2. The first-order valence-electron chi connectivity index (χ1n) is 12.8. The van der Waals surface area contributed by atoms with Gasteiger partial charge in [0, 0.05) is 23.1 Å². The summed E-state index contributed by atoms with van der Waals surface area (Å²) in [4.78, 5) is 26.8. The standard InChI is InChI=1S/C27H32F2N6O2/c1-14-22(15(2)34-33-14)17-8-10-20(11-9-17)31-27(37)24(23(18-4-5-18)19-6-7-19)32-26(36)21-12-13-30-35(21)16(3)25(28)29/h8-13,16,18-19,23-25H,4-7H2,1-3H3,(H,31,37)(H,32,36)(H,33,34)/t16?,24-/m0/s1. The van der Waals surface area contributed by atoms with Gasteiger partial charge in [0.2, 0.25) is 5.91 Å². The van der Waals surface area contributed by atoms with Crippen molar-refractivity contribution in [2.75, 3.05) is 5.32 Å². The molecule has 2 aliphatic carbocycles. The van der Waals surface area contributed by atoms with Crippen molar-refractivity contribution in [2.45, 2.75) is 65.0 Å². The Morgan fingerprint density at radius 2 is 1.70 bits per heavy atom. The van der Waals surface area contributed by atoms with E-state index < -0.39 is 24.4 Å². The maximum absolute atomic E-state index is 13.6. The van der Waals surface area contributed by atoms with Crippen LogP contribution in [0.5, 0.6) is 0 Å². The molecular formula is C27H32F2N6O2. The number of aromatic nitrogens is 4. The molecule has 196 valence electrons. The minimum Gasteiger partial charge on any atom is -0.339 e. The third-order valence-corrected chi connectivity index (χ3v) is 7.51. The molecule has 0 bridgehead atoms. The fraction of sp³-hybridized carbons (Fsp3) is 0.481. The minimum atomic E-state index is -2.67. The van der Waals surface area contributed by atoms with Crippen LogP contribution in [-0.4, -0.2) is 44.3 Å². The topological polar surface area (TPSA) is 105 Å². The molecule has 0 spiro atoms. The van der Waals surface area contributed by atoms with E-state index in [1.54, 1.807) is 0 Å². The van der Waals surface area contributed by atoms with E-state index in [4.69, 9.17) is 0 Å². The fourth-order valence-electron chi connectivity index (χ4n) is 5.29. The largest absolute Gasteiger partial charge is 0.339 e. The number of halogens is 2. The maximum Gasteiger partial charge on any atom is 0.270 e. The third-order valence-electron chi connectivity index (χ3n) is 7.51. The van der Waals surface area contributed by atoms with E-state index in [0.29, 0.717) is 17.5 Å². The number of aromatic amines is 1. The lowest BCUT2D eigenvalue weighted by Crippen LogP contribution is -2.50. The first-order valence-corrected chi connectivity index (χ1v) is 12.8. The van der Waals surface area contributed by atoms with Crippen LogP contribution in [0, 0.1) is 31.6 Å². The Labute approximate surface area is 214 Å². The molecule has 0 saturated heterocycles. The zero-order chi connectivity index (χ0) is 26.3. The van der Waals surface area contributed by atoms with Gasteiger partial charge in [-0.1, -0.05) is 12.1 Å². The van der Waals surface area contributed by atoms with Gasteiger partial charge in [-0.05, 0) is 88.0 Å². The van der Waals surface area contributed by atoms with Crippen molar-refractivity contribution < 1.29 is 18.4 Å². The van der Waals surface area contributed by atoms with Gasteiger partial charge in [-0.2, -0.15) is 10.2 Å². The van der Waals surface area contributed by atoms with Crippen LogP contribution in [0.1, 0.15) is 60.5 Å². The van der Waals surface area contributed by atoms with E-state index in [0.717, 1.165) is 52.9 Å². The fourth-order valence-corrected chi connectivity index (χ4v) is 5.29. The average molecular weight is 511 g/mol. The van der Waals surface area contributed by atoms with Gasteiger partial charge in [0.25, 0.3) is 12.3 Å². The van der Waals surface area contributed by atoms with E-state index in [2.05, 4.69) is 25.9 Å². The first kappa shape index (κ1) is 25.1.